The van der Waals surface area contributed by atoms with Gasteiger partial charge in [-0.15, -0.1) is 0 Å². The number of aromatic nitrogens is 1. The quantitative estimate of drug-likeness (QED) is 0.693. The molecule has 3 heterocycles. The van der Waals surface area contributed by atoms with Crippen LogP contribution in [0, 0.1) is 6.92 Å². The zero-order valence-corrected chi connectivity index (χ0v) is 19.4. The Balaban J connectivity index is 1.69. The predicted molar refractivity (Wildman–Crippen MR) is 118 cm³/mol. The van der Waals surface area contributed by atoms with E-state index in [2.05, 4.69) is 9.35 Å². The normalized spacial score (nSPS) is 16.8. The number of ether oxygens (including phenoxy) is 1. The maximum absolute atomic E-state index is 13.2. The molecule has 1 atom stereocenters. The van der Waals surface area contributed by atoms with Crippen molar-refractivity contribution in [1.82, 2.24) is 9.88 Å². The highest BCUT2D eigenvalue weighted by Crippen LogP contribution is 2.26. The zero-order valence-electron chi connectivity index (χ0n) is 18.6. The van der Waals surface area contributed by atoms with Crippen LogP contribution in [0.25, 0.3) is 0 Å². The monoisotopic (exact) mass is 447 g/mol. The highest BCUT2D eigenvalue weighted by molar-refractivity contribution is 7.93. The summed E-state index contributed by atoms with van der Waals surface area (Å²) < 4.78 is 28.0. The average Bonchev–Trinajstić information content (AvgIpc) is 3.15. The lowest BCUT2D eigenvalue weighted by molar-refractivity contribution is 0.0724. The molecule has 0 spiro atoms. The van der Waals surface area contributed by atoms with Gasteiger partial charge in [-0.2, -0.15) is 4.36 Å². The number of likely N-dealkylation sites (tertiary alicyclic amines) is 1. The Bertz CT molecular complexity index is 1090. The van der Waals surface area contributed by atoms with E-state index in [0.717, 1.165) is 5.76 Å². The molecular weight excluding hydrogens is 418 g/mol. The number of piperidine rings is 1. The Morgan fingerprint density at radius 1 is 1.29 bits per heavy atom. The van der Waals surface area contributed by atoms with Gasteiger partial charge in [0.1, 0.15) is 11.5 Å². The highest BCUT2D eigenvalue weighted by atomic mass is 32.2. The van der Waals surface area contributed by atoms with Crippen molar-refractivity contribution in [3.8, 4) is 5.88 Å². The molecule has 0 bridgehead atoms. The molecule has 3 rings (SSSR count). The first-order valence-corrected chi connectivity index (χ1v) is 12.3. The Labute approximate surface area is 183 Å². The molecule has 8 nitrogen and oxygen atoms in total. The number of rotatable bonds is 5. The van der Waals surface area contributed by atoms with Crippen LogP contribution in [-0.2, 0) is 9.73 Å². The lowest BCUT2D eigenvalue weighted by Gasteiger charge is -2.32. The van der Waals surface area contributed by atoms with Crippen molar-refractivity contribution in [2.75, 3.05) is 26.5 Å². The van der Waals surface area contributed by atoms with Gasteiger partial charge in [0.05, 0.1) is 22.4 Å². The molecule has 1 aliphatic heterocycles. The molecule has 2 aromatic rings. The van der Waals surface area contributed by atoms with Crippen LogP contribution in [0.2, 0.25) is 0 Å². The van der Waals surface area contributed by atoms with Gasteiger partial charge >= 0.3 is 0 Å². The van der Waals surface area contributed by atoms with Crippen LogP contribution in [0.5, 0.6) is 5.88 Å². The first-order valence-electron chi connectivity index (χ1n) is 10.3. The fraction of sp³-hybridized carbons (Fsp3) is 0.500. The topological polar surface area (TPSA) is 102 Å². The van der Waals surface area contributed by atoms with Crippen LogP contribution >= 0.6 is 0 Å². The molecule has 0 aromatic carbocycles. The number of nitrogens with zero attached hydrogens (tertiary/aromatic N) is 3. The van der Waals surface area contributed by atoms with Crippen LogP contribution in [-0.4, -0.2) is 57.6 Å². The van der Waals surface area contributed by atoms with Gasteiger partial charge in [-0.3, -0.25) is 9.59 Å². The first kappa shape index (κ1) is 23.0. The van der Waals surface area contributed by atoms with Crippen molar-refractivity contribution in [2.24, 2.45) is 4.36 Å². The minimum atomic E-state index is -2.77. The number of methoxy groups -OCH3 is 1. The van der Waals surface area contributed by atoms with Crippen molar-refractivity contribution in [1.29, 1.82) is 0 Å². The first-order chi connectivity index (χ1) is 14.6. The van der Waals surface area contributed by atoms with Crippen molar-refractivity contribution in [3.63, 3.8) is 0 Å². The van der Waals surface area contributed by atoms with Gasteiger partial charge < -0.3 is 14.1 Å². The lowest BCUT2D eigenvalue weighted by Crippen LogP contribution is -2.42. The van der Waals surface area contributed by atoms with Crippen molar-refractivity contribution < 1.29 is 23.0 Å². The molecule has 1 aliphatic rings. The molecule has 0 N–H and O–H groups in total. The smallest absolute Gasteiger partial charge is 0.285 e. The van der Waals surface area contributed by atoms with Gasteiger partial charge in [-0.1, -0.05) is 13.8 Å². The van der Waals surface area contributed by atoms with E-state index in [4.69, 9.17) is 9.15 Å². The van der Waals surface area contributed by atoms with E-state index < -0.39 is 15.6 Å². The third-order valence-electron chi connectivity index (χ3n) is 5.54. The second-order valence-electron chi connectivity index (χ2n) is 8.11. The van der Waals surface area contributed by atoms with Crippen molar-refractivity contribution in [2.45, 2.75) is 44.8 Å². The van der Waals surface area contributed by atoms with Gasteiger partial charge in [-0.05, 0) is 31.9 Å². The number of aryl methyl sites for hydroxylation is 1. The third-order valence-corrected chi connectivity index (χ3v) is 7.78. The Hall–Kier alpha value is -2.68. The van der Waals surface area contributed by atoms with Crippen molar-refractivity contribution >= 4 is 21.5 Å². The molecule has 168 valence electrons. The lowest BCUT2D eigenvalue weighted by atomic mass is 10.1. The number of hydrogen-bond acceptors (Lipinski definition) is 6. The second-order valence-corrected chi connectivity index (χ2v) is 10.7. The fourth-order valence-electron chi connectivity index (χ4n) is 3.61. The minimum Gasteiger partial charge on any atom is -0.481 e. The summed E-state index contributed by atoms with van der Waals surface area (Å²) in [5.74, 6) is 1.27. The number of pyridine rings is 1. The maximum atomic E-state index is 13.2. The number of carbonyl (C=O) groups is 2. The summed E-state index contributed by atoms with van der Waals surface area (Å²) in [6.45, 7) is 6.75. The molecule has 0 radical (unpaired) electrons. The molecule has 9 heteroatoms. The highest BCUT2D eigenvalue weighted by Gasteiger charge is 2.30. The SMILES string of the molecule is COc1cc(C(=O)N=S(C)(=O)C2CCN(C(=O)c3cc(C(C)C)oc3C)CC2)ccn1. The molecule has 1 saturated heterocycles. The molecule has 0 saturated carbocycles. The van der Waals surface area contributed by atoms with Gasteiger partial charge in [0.15, 0.2) is 0 Å². The maximum Gasteiger partial charge on any atom is 0.285 e. The summed E-state index contributed by atoms with van der Waals surface area (Å²) in [6.07, 6.45) is 4.00. The van der Waals surface area contributed by atoms with Crippen molar-refractivity contribution in [3.05, 3.63) is 47.0 Å². The Morgan fingerprint density at radius 2 is 1.97 bits per heavy atom. The third kappa shape index (κ3) is 5.15. The van der Waals surface area contributed by atoms with Gasteiger partial charge in [0.2, 0.25) is 5.88 Å². The fourth-order valence-corrected chi connectivity index (χ4v) is 5.28. The molecule has 1 fully saturated rings. The zero-order chi connectivity index (χ0) is 22.8. The molecule has 1 unspecified atom stereocenters. The molecule has 2 amide bonds. The second kappa shape index (κ2) is 9.21. The van der Waals surface area contributed by atoms with Gasteiger partial charge in [0, 0.05) is 48.3 Å². The van der Waals surface area contributed by atoms with E-state index in [9.17, 15) is 13.8 Å². The van der Waals surface area contributed by atoms with E-state index >= 15 is 0 Å². The summed E-state index contributed by atoms with van der Waals surface area (Å²) in [5, 5.41) is -0.263. The molecular formula is C22H29N3O5S. The van der Waals surface area contributed by atoms with Crippen LogP contribution in [0.1, 0.15) is 64.8 Å². The van der Waals surface area contributed by atoms with E-state index in [-0.39, 0.29) is 22.6 Å². The van der Waals surface area contributed by atoms with Crippen LogP contribution < -0.4 is 4.74 Å². The molecule has 0 aliphatic carbocycles. The largest absolute Gasteiger partial charge is 0.481 e. The van der Waals surface area contributed by atoms with Crippen LogP contribution in [0.3, 0.4) is 0 Å². The average molecular weight is 448 g/mol. The van der Waals surface area contributed by atoms with Gasteiger partial charge in [-0.25, -0.2) is 9.19 Å². The summed E-state index contributed by atoms with van der Waals surface area (Å²) in [5.41, 5.74) is 0.858. The molecule has 31 heavy (non-hydrogen) atoms. The predicted octanol–water partition coefficient (Wildman–Crippen LogP) is 3.66. The van der Waals surface area contributed by atoms with E-state index in [0.29, 0.717) is 43.1 Å². The van der Waals surface area contributed by atoms with Crippen LogP contribution in [0.15, 0.2) is 33.2 Å². The Morgan fingerprint density at radius 3 is 2.55 bits per heavy atom. The molecule has 2 aromatic heterocycles. The number of amides is 2. The number of hydrogen-bond donors (Lipinski definition) is 0. The number of furan rings is 1. The number of carbonyl (C=O) groups excluding carboxylic acids is 2. The summed E-state index contributed by atoms with van der Waals surface area (Å²) >= 11 is 0. The summed E-state index contributed by atoms with van der Waals surface area (Å²) in [4.78, 5) is 31.2. The summed E-state index contributed by atoms with van der Waals surface area (Å²) in [6, 6.07) is 4.81. The minimum absolute atomic E-state index is 0.0777. The summed E-state index contributed by atoms with van der Waals surface area (Å²) in [7, 11) is -1.31. The van der Waals surface area contributed by atoms with E-state index in [1.165, 1.54) is 31.7 Å². The van der Waals surface area contributed by atoms with E-state index in [1.54, 1.807) is 11.8 Å². The standard InChI is InChI=1S/C22H29N3O5S/c1-14(2)19-13-18(15(3)30-19)22(27)25-10-7-17(8-11-25)31(5,28)24-21(26)16-6-9-23-20(12-16)29-4/h6,9,12-14,17H,7-8,10-11H2,1-5H3. The van der Waals surface area contributed by atoms with Gasteiger partial charge in [0.25, 0.3) is 11.8 Å². The van der Waals surface area contributed by atoms with E-state index in [1.807, 2.05) is 19.9 Å². The Kier molecular flexibility index (Phi) is 6.83. The van der Waals surface area contributed by atoms with Crippen LogP contribution in [0.4, 0.5) is 0 Å².